The molecule has 0 spiro atoms. The summed E-state index contributed by atoms with van der Waals surface area (Å²) >= 11 is 3.02. The van der Waals surface area contributed by atoms with E-state index in [1.807, 2.05) is 17.5 Å². The molecular formula is C26H27N3OS2. The lowest BCUT2D eigenvalue weighted by Crippen LogP contribution is -2.17. The van der Waals surface area contributed by atoms with Gasteiger partial charge in [-0.2, -0.15) is 5.26 Å². The lowest BCUT2D eigenvalue weighted by molar-refractivity contribution is -0.113. The monoisotopic (exact) mass is 461 g/mol. The lowest BCUT2D eigenvalue weighted by Gasteiger charge is -2.21. The van der Waals surface area contributed by atoms with Crippen LogP contribution in [0, 0.1) is 11.3 Å². The van der Waals surface area contributed by atoms with Gasteiger partial charge >= 0.3 is 0 Å². The first-order chi connectivity index (χ1) is 15.7. The Labute approximate surface area is 198 Å². The van der Waals surface area contributed by atoms with E-state index in [0.29, 0.717) is 10.6 Å². The molecule has 1 amide bonds. The third kappa shape index (κ3) is 4.60. The minimum absolute atomic E-state index is 0.0633. The predicted octanol–water partition coefficient (Wildman–Crippen LogP) is 6.42. The molecule has 2 heterocycles. The second kappa shape index (κ2) is 10.3. The van der Waals surface area contributed by atoms with Gasteiger partial charge in [0.1, 0.15) is 11.1 Å². The van der Waals surface area contributed by atoms with Gasteiger partial charge in [-0.05, 0) is 66.7 Å². The predicted molar refractivity (Wildman–Crippen MR) is 133 cm³/mol. The fourth-order valence-electron chi connectivity index (χ4n) is 4.33. The molecule has 0 atom stereocenters. The van der Waals surface area contributed by atoms with E-state index >= 15 is 0 Å². The molecule has 1 N–H and O–H groups in total. The number of aromatic nitrogens is 1. The number of para-hydroxylation sites is 1. The number of thiophene rings is 1. The quantitative estimate of drug-likeness (QED) is 0.413. The molecule has 0 saturated carbocycles. The van der Waals surface area contributed by atoms with Crippen molar-refractivity contribution in [1.29, 1.82) is 5.26 Å². The molecule has 4 rings (SSSR count). The normalized spacial score (nSPS) is 12.8. The van der Waals surface area contributed by atoms with Crippen LogP contribution < -0.4 is 5.32 Å². The molecule has 164 valence electrons. The summed E-state index contributed by atoms with van der Waals surface area (Å²) in [6.07, 6.45) is 5.88. The number of rotatable bonds is 7. The molecule has 0 bridgehead atoms. The zero-order valence-electron chi connectivity index (χ0n) is 18.5. The van der Waals surface area contributed by atoms with Crippen molar-refractivity contribution < 1.29 is 4.79 Å². The highest BCUT2D eigenvalue weighted by Crippen LogP contribution is 2.39. The number of hydrogen-bond acceptors (Lipinski definition) is 5. The highest BCUT2D eigenvalue weighted by molar-refractivity contribution is 8.00. The molecule has 32 heavy (non-hydrogen) atoms. The Morgan fingerprint density at radius 3 is 2.56 bits per heavy atom. The summed E-state index contributed by atoms with van der Waals surface area (Å²) in [7, 11) is 0. The number of nitrogens with one attached hydrogen (secondary N) is 1. The number of fused-ring (bicyclic) bond motifs is 1. The van der Waals surface area contributed by atoms with Crippen molar-refractivity contribution in [2.75, 3.05) is 11.1 Å². The molecule has 2 aromatic heterocycles. The number of thioether (sulfide) groups is 1. The average molecular weight is 462 g/mol. The fourth-order valence-corrected chi connectivity index (χ4v) is 5.94. The molecule has 0 aliphatic heterocycles. The summed E-state index contributed by atoms with van der Waals surface area (Å²) in [5.41, 5.74) is 7.16. The van der Waals surface area contributed by atoms with Crippen LogP contribution in [0.1, 0.15) is 54.6 Å². The fraction of sp³-hybridized carbons (Fsp3) is 0.346. The van der Waals surface area contributed by atoms with Gasteiger partial charge in [-0.15, -0.1) is 11.3 Å². The minimum atomic E-state index is -0.0633. The lowest BCUT2D eigenvalue weighted by atomic mass is 9.89. The number of nitriles is 1. The van der Waals surface area contributed by atoms with E-state index in [1.165, 1.54) is 17.3 Å². The zero-order valence-corrected chi connectivity index (χ0v) is 20.2. The topological polar surface area (TPSA) is 65.8 Å². The highest BCUT2D eigenvalue weighted by atomic mass is 32.2. The Morgan fingerprint density at radius 2 is 1.91 bits per heavy atom. The SMILES string of the molecule is CCc1cccc(CC)c1NC(=O)CSc1nc2c(c(-c3cccs3)c1C#N)CCCC2. The standard InChI is InChI=1S/C26H27N3OS2/c1-3-17-9-7-10-18(4-2)25(17)29-23(30)16-32-26-20(15-27)24(22-13-8-14-31-22)19-11-5-6-12-21(19)28-26/h7-10,13-14H,3-6,11-12,16H2,1-2H3,(H,29,30). The van der Waals surface area contributed by atoms with Gasteiger partial charge in [-0.1, -0.05) is 49.9 Å². The van der Waals surface area contributed by atoms with Gasteiger partial charge in [0.15, 0.2) is 0 Å². The Bertz CT molecular complexity index is 1140. The number of amides is 1. The van der Waals surface area contributed by atoms with Crippen molar-refractivity contribution in [3.8, 4) is 16.5 Å². The minimum Gasteiger partial charge on any atom is -0.325 e. The Balaban J connectivity index is 1.61. The first kappa shape index (κ1) is 22.6. The van der Waals surface area contributed by atoms with Crippen LogP contribution in [0.25, 0.3) is 10.4 Å². The molecular weight excluding hydrogens is 434 g/mol. The van der Waals surface area contributed by atoms with E-state index in [4.69, 9.17) is 4.98 Å². The van der Waals surface area contributed by atoms with E-state index in [-0.39, 0.29) is 11.7 Å². The van der Waals surface area contributed by atoms with Crippen LogP contribution in [0.2, 0.25) is 0 Å². The second-order valence-electron chi connectivity index (χ2n) is 7.88. The number of hydrogen-bond donors (Lipinski definition) is 1. The molecule has 4 nitrogen and oxygen atoms in total. The molecule has 1 aliphatic carbocycles. The number of aryl methyl sites for hydroxylation is 3. The van der Waals surface area contributed by atoms with Crippen LogP contribution in [-0.2, 0) is 30.5 Å². The van der Waals surface area contributed by atoms with Gasteiger partial charge in [0.2, 0.25) is 5.91 Å². The van der Waals surface area contributed by atoms with Gasteiger partial charge in [0.25, 0.3) is 0 Å². The number of anilines is 1. The molecule has 0 radical (unpaired) electrons. The van der Waals surface area contributed by atoms with Crippen LogP contribution >= 0.6 is 23.1 Å². The zero-order chi connectivity index (χ0) is 22.5. The molecule has 6 heteroatoms. The Kier molecular flexibility index (Phi) is 7.29. The second-order valence-corrected chi connectivity index (χ2v) is 9.80. The van der Waals surface area contributed by atoms with E-state index in [0.717, 1.165) is 71.5 Å². The number of pyridine rings is 1. The van der Waals surface area contributed by atoms with E-state index in [2.05, 4.69) is 43.4 Å². The summed E-state index contributed by atoms with van der Waals surface area (Å²) in [5.74, 6) is 0.164. The van der Waals surface area contributed by atoms with Gasteiger partial charge < -0.3 is 5.32 Å². The van der Waals surface area contributed by atoms with E-state index in [9.17, 15) is 10.1 Å². The van der Waals surface area contributed by atoms with Crippen molar-refractivity contribution in [2.45, 2.75) is 57.4 Å². The third-order valence-electron chi connectivity index (χ3n) is 5.92. The number of benzene rings is 1. The first-order valence-electron chi connectivity index (χ1n) is 11.2. The van der Waals surface area contributed by atoms with Gasteiger partial charge in [-0.3, -0.25) is 4.79 Å². The molecule has 0 unspecified atom stereocenters. The summed E-state index contributed by atoms with van der Waals surface area (Å²) < 4.78 is 0. The third-order valence-corrected chi connectivity index (χ3v) is 7.79. The van der Waals surface area contributed by atoms with E-state index < -0.39 is 0 Å². The van der Waals surface area contributed by atoms with Crippen molar-refractivity contribution in [2.24, 2.45) is 0 Å². The molecule has 1 aromatic carbocycles. The van der Waals surface area contributed by atoms with Gasteiger partial charge in [-0.25, -0.2) is 4.98 Å². The van der Waals surface area contributed by atoms with Crippen LogP contribution in [0.3, 0.4) is 0 Å². The van der Waals surface area contributed by atoms with Crippen molar-refractivity contribution in [3.05, 3.63) is 63.7 Å². The van der Waals surface area contributed by atoms with Crippen LogP contribution in [0.4, 0.5) is 5.69 Å². The van der Waals surface area contributed by atoms with Crippen molar-refractivity contribution in [1.82, 2.24) is 4.98 Å². The maximum absolute atomic E-state index is 12.9. The molecule has 1 aliphatic rings. The molecule has 0 saturated heterocycles. The Morgan fingerprint density at radius 1 is 1.16 bits per heavy atom. The van der Waals surface area contributed by atoms with Gasteiger partial charge in [0.05, 0.1) is 11.3 Å². The maximum atomic E-state index is 12.9. The van der Waals surface area contributed by atoms with Crippen LogP contribution in [-0.4, -0.2) is 16.6 Å². The van der Waals surface area contributed by atoms with Gasteiger partial charge in [0, 0.05) is 21.8 Å². The maximum Gasteiger partial charge on any atom is 0.234 e. The van der Waals surface area contributed by atoms with Crippen molar-refractivity contribution in [3.63, 3.8) is 0 Å². The largest absolute Gasteiger partial charge is 0.325 e. The van der Waals surface area contributed by atoms with Crippen LogP contribution in [0.5, 0.6) is 0 Å². The summed E-state index contributed by atoms with van der Waals surface area (Å²) in [4.78, 5) is 18.9. The summed E-state index contributed by atoms with van der Waals surface area (Å²) in [6.45, 7) is 4.20. The highest BCUT2D eigenvalue weighted by Gasteiger charge is 2.24. The van der Waals surface area contributed by atoms with Crippen LogP contribution in [0.15, 0.2) is 40.7 Å². The van der Waals surface area contributed by atoms with E-state index in [1.54, 1.807) is 11.3 Å². The number of carbonyl (C=O) groups is 1. The molecule has 3 aromatic rings. The molecule has 0 fully saturated rings. The van der Waals surface area contributed by atoms with Crippen molar-refractivity contribution >= 4 is 34.7 Å². The summed E-state index contributed by atoms with van der Waals surface area (Å²) in [5, 5.41) is 15.9. The number of nitrogens with zero attached hydrogens (tertiary/aromatic N) is 2. The average Bonchev–Trinajstić information content (AvgIpc) is 3.36. The Hall–Kier alpha value is -2.62. The summed E-state index contributed by atoms with van der Waals surface area (Å²) in [6, 6.07) is 12.7. The smallest absolute Gasteiger partial charge is 0.234 e. The first-order valence-corrected chi connectivity index (χ1v) is 13.1. The number of carbonyl (C=O) groups excluding carboxylic acids is 1.